The molecule has 2 aromatic rings. The van der Waals surface area contributed by atoms with Crippen LogP contribution < -0.4 is 15.8 Å². The van der Waals surface area contributed by atoms with Crippen LogP contribution in [-0.4, -0.2) is 53.3 Å². The zero-order valence-corrected chi connectivity index (χ0v) is 17.7. The zero-order valence-electron chi connectivity index (χ0n) is 17.7. The zero-order chi connectivity index (χ0) is 20.9. The highest BCUT2D eigenvalue weighted by Crippen LogP contribution is 2.22. The van der Waals surface area contributed by atoms with Gasteiger partial charge in [-0.3, -0.25) is 14.5 Å². The van der Waals surface area contributed by atoms with Crippen molar-refractivity contribution in [3.63, 3.8) is 0 Å². The molecule has 3 heterocycles. The monoisotopic (exact) mass is 409 g/mol. The van der Waals surface area contributed by atoms with Gasteiger partial charge in [0.25, 0.3) is 5.56 Å². The SMILES string of the molecule is Cn1ncc(N2CCC[C@H](C(=O)NCCCN3CCc4ccccc4C3)C2)cc1=O. The number of aryl methyl sites for hydroxylation is 1. The molecule has 0 spiro atoms. The molecule has 7 nitrogen and oxygen atoms in total. The van der Waals surface area contributed by atoms with E-state index in [4.69, 9.17) is 0 Å². The predicted octanol–water partition coefficient (Wildman–Crippen LogP) is 1.56. The molecular formula is C23H31N5O2. The van der Waals surface area contributed by atoms with Gasteiger partial charge in [-0.1, -0.05) is 24.3 Å². The molecule has 0 unspecified atom stereocenters. The van der Waals surface area contributed by atoms with Crippen LogP contribution in [0.5, 0.6) is 0 Å². The lowest BCUT2D eigenvalue weighted by molar-refractivity contribution is -0.125. The number of carbonyl (C=O) groups is 1. The fourth-order valence-corrected chi connectivity index (χ4v) is 4.46. The summed E-state index contributed by atoms with van der Waals surface area (Å²) in [4.78, 5) is 29.1. The van der Waals surface area contributed by atoms with Gasteiger partial charge in [0.1, 0.15) is 0 Å². The molecule has 1 fully saturated rings. The molecule has 0 radical (unpaired) electrons. The lowest BCUT2D eigenvalue weighted by atomic mass is 9.96. The van der Waals surface area contributed by atoms with Crippen LogP contribution in [0.1, 0.15) is 30.4 Å². The smallest absolute Gasteiger partial charge is 0.268 e. The average molecular weight is 410 g/mol. The van der Waals surface area contributed by atoms with Crippen molar-refractivity contribution in [2.45, 2.75) is 32.2 Å². The number of nitrogens with one attached hydrogen (secondary N) is 1. The first kappa shape index (κ1) is 20.6. The molecule has 1 N–H and O–H groups in total. The molecular weight excluding hydrogens is 378 g/mol. The first-order chi connectivity index (χ1) is 14.6. The van der Waals surface area contributed by atoms with E-state index in [1.54, 1.807) is 19.3 Å². The third kappa shape index (κ3) is 4.90. The lowest BCUT2D eigenvalue weighted by Gasteiger charge is -2.33. The predicted molar refractivity (Wildman–Crippen MR) is 117 cm³/mol. The Morgan fingerprint density at radius 3 is 2.90 bits per heavy atom. The molecule has 1 aromatic carbocycles. The molecule has 2 aliphatic heterocycles. The Hall–Kier alpha value is -2.67. The van der Waals surface area contributed by atoms with Gasteiger partial charge in [-0.25, -0.2) is 4.68 Å². The summed E-state index contributed by atoms with van der Waals surface area (Å²) in [6, 6.07) is 10.3. The number of anilines is 1. The Balaban J connectivity index is 1.21. The number of aromatic nitrogens is 2. The highest BCUT2D eigenvalue weighted by atomic mass is 16.2. The summed E-state index contributed by atoms with van der Waals surface area (Å²) >= 11 is 0. The fourth-order valence-electron chi connectivity index (χ4n) is 4.46. The standard InChI is InChI=1S/C23H31N5O2/c1-26-22(29)14-21(15-25-26)28-12-4-8-20(17-28)23(30)24-10-5-11-27-13-9-18-6-2-3-7-19(18)16-27/h2-3,6-7,14-15,20H,4-5,8-13,16-17H2,1H3,(H,24,30)/t20-/m0/s1. The van der Waals surface area contributed by atoms with E-state index in [0.29, 0.717) is 13.1 Å². The molecule has 0 bridgehead atoms. The van der Waals surface area contributed by atoms with E-state index in [1.807, 2.05) is 0 Å². The molecule has 30 heavy (non-hydrogen) atoms. The molecule has 1 atom stereocenters. The van der Waals surface area contributed by atoms with Crippen molar-refractivity contribution < 1.29 is 4.79 Å². The summed E-state index contributed by atoms with van der Waals surface area (Å²) in [5.74, 6) is 0.0881. The quantitative estimate of drug-likeness (QED) is 0.734. The van der Waals surface area contributed by atoms with Crippen LogP contribution in [0.4, 0.5) is 5.69 Å². The summed E-state index contributed by atoms with van der Waals surface area (Å²) < 4.78 is 1.32. The third-order valence-electron chi connectivity index (χ3n) is 6.27. The second-order valence-electron chi connectivity index (χ2n) is 8.40. The molecule has 4 rings (SSSR count). The molecule has 1 amide bonds. The maximum atomic E-state index is 12.7. The van der Waals surface area contributed by atoms with Crippen molar-refractivity contribution >= 4 is 11.6 Å². The Labute approximate surface area is 177 Å². The number of hydrogen-bond donors (Lipinski definition) is 1. The molecule has 2 aliphatic rings. The van der Waals surface area contributed by atoms with Crippen LogP contribution in [0.25, 0.3) is 0 Å². The topological polar surface area (TPSA) is 70.5 Å². The van der Waals surface area contributed by atoms with Crippen molar-refractivity contribution in [1.82, 2.24) is 20.0 Å². The van der Waals surface area contributed by atoms with Gasteiger partial charge in [0.05, 0.1) is 17.8 Å². The van der Waals surface area contributed by atoms with Crippen LogP contribution in [0.15, 0.2) is 41.3 Å². The van der Waals surface area contributed by atoms with Gasteiger partial charge >= 0.3 is 0 Å². The van der Waals surface area contributed by atoms with Crippen LogP contribution in [-0.2, 0) is 24.8 Å². The number of piperidine rings is 1. The maximum absolute atomic E-state index is 12.7. The van der Waals surface area contributed by atoms with Gasteiger partial charge in [-0.15, -0.1) is 0 Å². The number of nitrogens with zero attached hydrogens (tertiary/aromatic N) is 4. The summed E-state index contributed by atoms with van der Waals surface area (Å²) in [6.07, 6.45) is 5.61. The Kier molecular flexibility index (Phi) is 6.47. The van der Waals surface area contributed by atoms with Crippen LogP contribution in [0.3, 0.4) is 0 Å². The lowest BCUT2D eigenvalue weighted by Crippen LogP contribution is -2.44. The second kappa shape index (κ2) is 9.43. The molecule has 0 aliphatic carbocycles. The van der Waals surface area contributed by atoms with Gasteiger partial charge in [-0.05, 0) is 36.8 Å². The molecule has 7 heteroatoms. The number of fused-ring (bicyclic) bond motifs is 1. The van der Waals surface area contributed by atoms with Gasteiger partial charge in [0, 0.05) is 52.4 Å². The van der Waals surface area contributed by atoms with Crippen molar-refractivity contribution in [2.24, 2.45) is 13.0 Å². The highest BCUT2D eigenvalue weighted by Gasteiger charge is 2.26. The minimum atomic E-state index is -0.126. The Bertz CT molecular complexity index is 941. The van der Waals surface area contributed by atoms with E-state index >= 15 is 0 Å². The van der Waals surface area contributed by atoms with Crippen LogP contribution in [0.2, 0.25) is 0 Å². The summed E-state index contributed by atoms with van der Waals surface area (Å²) in [6.45, 7) is 5.31. The van der Waals surface area contributed by atoms with E-state index in [9.17, 15) is 9.59 Å². The summed E-state index contributed by atoms with van der Waals surface area (Å²) in [5, 5.41) is 7.23. The molecule has 0 saturated carbocycles. The fraction of sp³-hybridized carbons (Fsp3) is 0.522. The highest BCUT2D eigenvalue weighted by molar-refractivity contribution is 5.79. The number of hydrogen-bond acceptors (Lipinski definition) is 5. The Morgan fingerprint density at radius 2 is 2.07 bits per heavy atom. The van der Waals surface area contributed by atoms with Crippen molar-refractivity contribution in [3.05, 3.63) is 58.0 Å². The minimum Gasteiger partial charge on any atom is -0.369 e. The summed E-state index contributed by atoms with van der Waals surface area (Å²) in [7, 11) is 1.64. The van der Waals surface area contributed by atoms with Crippen molar-refractivity contribution in [1.29, 1.82) is 0 Å². The number of rotatable bonds is 6. The first-order valence-electron chi connectivity index (χ1n) is 11.0. The van der Waals surface area contributed by atoms with Gasteiger partial charge < -0.3 is 10.2 Å². The first-order valence-corrected chi connectivity index (χ1v) is 11.0. The van der Waals surface area contributed by atoms with Crippen molar-refractivity contribution in [2.75, 3.05) is 37.6 Å². The normalized spacial score (nSPS) is 19.4. The van der Waals surface area contributed by atoms with E-state index in [-0.39, 0.29) is 17.4 Å². The number of amides is 1. The van der Waals surface area contributed by atoms with Crippen LogP contribution >= 0.6 is 0 Å². The summed E-state index contributed by atoms with van der Waals surface area (Å²) in [5.41, 5.74) is 3.58. The van der Waals surface area contributed by atoms with E-state index in [1.165, 1.54) is 15.8 Å². The second-order valence-corrected chi connectivity index (χ2v) is 8.40. The molecule has 1 aromatic heterocycles. The minimum absolute atomic E-state index is 0.0373. The maximum Gasteiger partial charge on any atom is 0.268 e. The van der Waals surface area contributed by atoms with Gasteiger partial charge in [0.15, 0.2) is 0 Å². The van der Waals surface area contributed by atoms with Gasteiger partial charge in [-0.2, -0.15) is 5.10 Å². The van der Waals surface area contributed by atoms with Crippen molar-refractivity contribution in [3.8, 4) is 0 Å². The van der Waals surface area contributed by atoms with E-state index in [0.717, 1.165) is 57.5 Å². The molecule has 1 saturated heterocycles. The molecule has 160 valence electrons. The largest absolute Gasteiger partial charge is 0.369 e. The van der Waals surface area contributed by atoms with E-state index in [2.05, 4.69) is 44.5 Å². The van der Waals surface area contributed by atoms with Crippen LogP contribution in [0, 0.1) is 5.92 Å². The van der Waals surface area contributed by atoms with E-state index < -0.39 is 0 Å². The third-order valence-corrected chi connectivity index (χ3v) is 6.27. The van der Waals surface area contributed by atoms with Gasteiger partial charge in [0.2, 0.25) is 5.91 Å². The Morgan fingerprint density at radius 1 is 1.23 bits per heavy atom. The number of benzene rings is 1. The average Bonchev–Trinajstić information content (AvgIpc) is 2.78. The number of carbonyl (C=O) groups excluding carboxylic acids is 1.